The molecule has 2 aliphatic rings. The number of anilines is 1. The van der Waals surface area contributed by atoms with Gasteiger partial charge in [-0.05, 0) is 30.9 Å². The minimum Gasteiger partial charge on any atom is -0.354 e. The van der Waals surface area contributed by atoms with E-state index >= 15 is 0 Å². The Morgan fingerprint density at radius 3 is 2.61 bits per heavy atom. The lowest BCUT2D eigenvalue weighted by Crippen LogP contribution is -2.47. The van der Waals surface area contributed by atoms with Crippen molar-refractivity contribution in [3.63, 3.8) is 0 Å². The molecule has 1 unspecified atom stereocenters. The van der Waals surface area contributed by atoms with Crippen LogP contribution in [0.4, 0.5) is 5.69 Å². The second-order valence-electron chi connectivity index (χ2n) is 8.11. The maximum Gasteiger partial charge on any atom is 0.243 e. The number of nitrogens with zero attached hydrogens (tertiary/aromatic N) is 1. The van der Waals surface area contributed by atoms with Crippen LogP contribution < -0.4 is 10.2 Å². The molecule has 0 bridgehead atoms. The van der Waals surface area contributed by atoms with Gasteiger partial charge in [0.05, 0.1) is 13.2 Å². The third-order valence-electron chi connectivity index (χ3n) is 5.85. The maximum atomic E-state index is 12.8. The van der Waals surface area contributed by atoms with Crippen molar-refractivity contribution >= 4 is 17.5 Å². The number of rotatable bonds is 8. The molecule has 1 saturated heterocycles. The molecule has 2 atom stereocenters. The Morgan fingerprint density at radius 1 is 1.21 bits per heavy atom. The fourth-order valence-electron chi connectivity index (χ4n) is 4.50. The lowest BCUT2D eigenvalue weighted by molar-refractivity contribution is -0.133. The summed E-state index contributed by atoms with van der Waals surface area (Å²) in [4.78, 5) is 26.5. The zero-order valence-corrected chi connectivity index (χ0v) is 17.2. The largest absolute Gasteiger partial charge is 0.354 e. The Kier molecular flexibility index (Phi) is 6.73. The summed E-state index contributed by atoms with van der Waals surface area (Å²) in [7, 11) is 0. The van der Waals surface area contributed by atoms with E-state index in [-0.39, 0.29) is 23.5 Å². The van der Waals surface area contributed by atoms with Gasteiger partial charge in [-0.3, -0.25) is 14.5 Å². The van der Waals surface area contributed by atoms with E-state index in [1.54, 1.807) is 4.90 Å². The standard InChI is InChI=1S/C22H32N2O4/c1-4-10-22(3,21-27-13-14-28-21)11-7-12-23-20(26)19-15-17-8-5-6-9-18(17)24(19)16(2)25/h5-6,8-9,19,21H,4,7,10-15H2,1-3H3,(H,23,26)/t19-,22?/m0/s1. The molecule has 2 amide bonds. The average Bonchev–Trinajstić information content (AvgIpc) is 3.33. The number of hydrogen-bond donors (Lipinski definition) is 1. The predicted molar refractivity (Wildman–Crippen MR) is 108 cm³/mol. The molecule has 0 aliphatic carbocycles. The van der Waals surface area contributed by atoms with Gasteiger partial charge in [0, 0.05) is 31.0 Å². The lowest BCUT2D eigenvalue weighted by Gasteiger charge is -2.34. The molecule has 1 N–H and O–H groups in total. The van der Waals surface area contributed by atoms with Crippen molar-refractivity contribution in [2.24, 2.45) is 5.41 Å². The highest BCUT2D eigenvalue weighted by molar-refractivity contribution is 6.02. The van der Waals surface area contributed by atoms with Gasteiger partial charge in [-0.25, -0.2) is 0 Å². The molecule has 1 aromatic rings. The summed E-state index contributed by atoms with van der Waals surface area (Å²) in [6.07, 6.45) is 4.29. The molecule has 0 spiro atoms. The van der Waals surface area contributed by atoms with Gasteiger partial charge in [-0.15, -0.1) is 0 Å². The predicted octanol–water partition coefficient (Wildman–Crippen LogP) is 3.04. The van der Waals surface area contributed by atoms with E-state index < -0.39 is 6.04 Å². The number of para-hydroxylation sites is 1. The topological polar surface area (TPSA) is 67.9 Å². The zero-order valence-electron chi connectivity index (χ0n) is 17.2. The average molecular weight is 389 g/mol. The Balaban J connectivity index is 1.53. The van der Waals surface area contributed by atoms with E-state index in [0.717, 1.165) is 36.9 Å². The fourth-order valence-corrected chi connectivity index (χ4v) is 4.50. The van der Waals surface area contributed by atoms with Crippen LogP contribution in [0.3, 0.4) is 0 Å². The number of carbonyl (C=O) groups is 2. The first-order chi connectivity index (χ1) is 13.5. The van der Waals surface area contributed by atoms with E-state index in [1.807, 2.05) is 24.3 Å². The summed E-state index contributed by atoms with van der Waals surface area (Å²) < 4.78 is 11.5. The smallest absolute Gasteiger partial charge is 0.243 e. The number of fused-ring (bicyclic) bond motifs is 1. The number of amides is 2. The van der Waals surface area contributed by atoms with Crippen LogP contribution in [0, 0.1) is 5.41 Å². The Labute approximate surface area is 167 Å². The van der Waals surface area contributed by atoms with Crippen molar-refractivity contribution in [3.8, 4) is 0 Å². The van der Waals surface area contributed by atoms with Crippen molar-refractivity contribution in [2.45, 2.75) is 65.2 Å². The van der Waals surface area contributed by atoms with E-state index in [1.165, 1.54) is 6.92 Å². The van der Waals surface area contributed by atoms with Crippen molar-refractivity contribution < 1.29 is 19.1 Å². The summed E-state index contributed by atoms with van der Waals surface area (Å²) in [5.74, 6) is -0.187. The van der Waals surface area contributed by atoms with E-state index in [9.17, 15) is 9.59 Å². The van der Waals surface area contributed by atoms with Gasteiger partial charge in [0.1, 0.15) is 6.04 Å². The molecule has 0 radical (unpaired) electrons. The first kappa shape index (κ1) is 20.8. The quantitative estimate of drug-likeness (QED) is 0.695. The maximum absolute atomic E-state index is 12.8. The van der Waals surface area contributed by atoms with Crippen LogP contribution >= 0.6 is 0 Å². The van der Waals surface area contributed by atoms with Crippen LogP contribution in [-0.4, -0.2) is 43.9 Å². The molecule has 0 aromatic heterocycles. The second kappa shape index (κ2) is 9.05. The first-order valence-corrected chi connectivity index (χ1v) is 10.3. The lowest BCUT2D eigenvalue weighted by atomic mass is 9.80. The van der Waals surface area contributed by atoms with E-state index in [0.29, 0.717) is 26.2 Å². The van der Waals surface area contributed by atoms with Gasteiger partial charge in [0.25, 0.3) is 0 Å². The summed E-state index contributed by atoms with van der Waals surface area (Å²) in [6, 6.07) is 7.27. The van der Waals surface area contributed by atoms with Gasteiger partial charge in [0.2, 0.25) is 11.8 Å². The summed E-state index contributed by atoms with van der Waals surface area (Å²) in [5, 5.41) is 3.04. The number of carbonyl (C=O) groups excluding carboxylic acids is 2. The van der Waals surface area contributed by atoms with Crippen molar-refractivity contribution in [1.82, 2.24) is 5.32 Å². The van der Waals surface area contributed by atoms with Crippen LogP contribution in [0.5, 0.6) is 0 Å². The van der Waals surface area contributed by atoms with E-state index in [4.69, 9.17) is 9.47 Å². The Hall–Kier alpha value is -1.92. The molecule has 2 heterocycles. The number of ether oxygens (including phenoxy) is 2. The highest BCUT2D eigenvalue weighted by atomic mass is 16.7. The normalized spacial score (nSPS) is 21.4. The third kappa shape index (κ3) is 4.39. The van der Waals surface area contributed by atoms with Crippen LogP contribution in [0.2, 0.25) is 0 Å². The van der Waals surface area contributed by atoms with Crippen LogP contribution in [0.25, 0.3) is 0 Å². The zero-order chi connectivity index (χ0) is 20.1. The fraction of sp³-hybridized carbons (Fsp3) is 0.636. The highest BCUT2D eigenvalue weighted by Gasteiger charge is 2.38. The molecule has 6 nitrogen and oxygen atoms in total. The number of hydrogen-bond acceptors (Lipinski definition) is 4. The third-order valence-corrected chi connectivity index (χ3v) is 5.85. The van der Waals surface area contributed by atoms with Gasteiger partial charge in [-0.2, -0.15) is 0 Å². The molecule has 3 rings (SSSR count). The summed E-state index contributed by atoms with van der Waals surface area (Å²) >= 11 is 0. The van der Waals surface area contributed by atoms with E-state index in [2.05, 4.69) is 19.2 Å². The molecule has 0 saturated carbocycles. The monoisotopic (exact) mass is 388 g/mol. The van der Waals surface area contributed by atoms with Crippen molar-refractivity contribution in [1.29, 1.82) is 0 Å². The van der Waals surface area contributed by atoms with Crippen molar-refractivity contribution in [3.05, 3.63) is 29.8 Å². The first-order valence-electron chi connectivity index (χ1n) is 10.3. The van der Waals surface area contributed by atoms with Crippen LogP contribution in [-0.2, 0) is 25.5 Å². The van der Waals surface area contributed by atoms with Gasteiger partial charge >= 0.3 is 0 Å². The molecule has 2 aliphatic heterocycles. The molecule has 1 aromatic carbocycles. The van der Waals surface area contributed by atoms with Crippen LogP contribution in [0.15, 0.2) is 24.3 Å². The van der Waals surface area contributed by atoms with Gasteiger partial charge in [0.15, 0.2) is 6.29 Å². The minimum atomic E-state index is -0.460. The highest BCUT2D eigenvalue weighted by Crippen LogP contribution is 2.37. The van der Waals surface area contributed by atoms with Crippen molar-refractivity contribution in [2.75, 3.05) is 24.7 Å². The number of nitrogens with one attached hydrogen (secondary N) is 1. The molecule has 28 heavy (non-hydrogen) atoms. The van der Waals surface area contributed by atoms with Gasteiger partial charge < -0.3 is 14.8 Å². The summed E-state index contributed by atoms with van der Waals surface area (Å²) in [6.45, 7) is 7.79. The summed E-state index contributed by atoms with van der Waals surface area (Å²) in [5.41, 5.74) is 1.86. The molecular formula is C22H32N2O4. The Bertz CT molecular complexity index is 702. The van der Waals surface area contributed by atoms with Crippen LogP contribution in [0.1, 0.15) is 52.0 Å². The number of benzene rings is 1. The molecular weight excluding hydrogens is 356 g/mol. The molecule has 1 fully saturated rings. The second-order valence-corrected chi connectivity index (χ2v) is 8.11. The SMILES string of the molecule is CCCC(C)(CCCNC(=O)[C@@H]1Cc2ccccc2N1C(C)=O)C1OCCO1. The minimum absolute atomic E-state index is 0.0367. The molecule has 6 heteroatoms. The Morgan fingerprint density at radius 2 is 1.93 bits per heavy atom. The molecule has 154 valence electrons. The van der Waals surface area contributed by atoms with Gasteiger partial charge in [-0.1, -0.05) is 38.5 Å².